The van der Waals surface area contributed by atoms with E-state index in [-0.39, 0.29) is 12.2 Å². The molecule has 0 spiro atoms. The van der Waals surface area contributed by atoms with Gasteiger partial charge in [0.1, 0.15) is 5.75 Å². The fourth-order valence-electron chi connectivity index (χ4n) is 1.40. The fraction of sp³-hybridized carbons (Fsp3) is 0.364. The van der Waals surface area contributed by atoms with Gasteiger partial charge < -0.3 is 10.5 Å². The van der Waals surface area contributed by atoms with Crippen LogP contribution in [0.1, 0.15) is 23.6 Å². The first-order chi connectivity index (χ1) is 7.90. The van der Waals surface area contributed by atoms with Crippen molar-refractivity contribution >= 4 is 0 Å². The Hall–Kier alpha value is -1.74. The second-order valence-electron chi connectivity index (χ2n) is 3.42. The summed E-state index contributed by atoms with van der Waals surface area (Å²) in [6, 6.07) is 4.25. The zero-order chi connectivity index (χ0) is 13.1. The Kier molecular flexibility index (Phi) is 3.97. The number of nitrogens with zero attached hydrogens (tertiary/aromatic N) is 1. The molecule has 17 heavy (non-hydrogen) atoms. The molecule has 0 heterocycles. The number of alkyl halides is 3. The smallest absolute Gasteiger partial charge is 0.416 e. The summed E-state index contributed by atoms with van der Waals surface area (Å²) >= 11 is 0. The number of hydrogen-bond donors (Lipinski definition) is 1. The number of rotatable bonds is 3. The van der Waals surface area contributed by atoms with Gasteiger partial charge in [-0.15, -0.1) is 0 Å². The van der Waals surface area contributed by atoms with Crippen molar-refractivity contribution in [3.63, 3.8) is 0 Å². The maximum absolute atomic E-state index is 12.4. The van der Waals surface area contributed by atoms with E-state index in [1.54, 1.807) is 0 Å². The topological polar surface area (TPSA) is 59.0 Å². The molecule has 1 atom stereocenters. The molecule has 0 aliphatic rings. The summed E-state index contributed by atoms with van der Waals surface area (Å²) in [6.07, 6.45) is -4.41. The third-order valence-corrected chi connectivity index (χ3v) is 2.27. The van der Waals surface area contributed by atoms with Crippen LogP contribution in [0, 0.1) is 11.3 Å². The van der Waals surface area contributed by atoms with Crippen molar-refractivity contribution in [3.05, 3.63) is 29.3 Å². The van der Waals surface area contributed by atoms with E-state index in [9.17, 15) is 13.2 Å². The molecule has 1 rings (SSSR count). The standard InChI is InChI=1S/C11H11F3N2O/c1-17-10-6-7(11(12,13)14)2-3-8(10)9(16)4-5-15/h2-3,6,9H,4,16H2,1H3/t9-/m0/s1. The third-order valence-electron chi connectivity index (χ3n) is 2.27. The van der Waals surface area contributed by atoms with E-state index >= 15 is 0 Å². The highest BCUT2D eigenvalue weighted by molar-refractivity contribution is 5.40. The van der Waals surface area contributed by atoms with Gasteiger partial charge in [0.2, 0.25) is 0 Å². The van der Waals surface area contributed by atoms with E-state index in [1.165, 1.54) is 13.2 Å². The molecule has 0 saturated heterocycles. The van der Waals surface area contributed by atoms with Crippen LogP contribution in [-0.2, 0) is 6.18 Å². The largest absolute Gasteiger partial charge is 0.496 e. The van der Waals surface area contributed by atoms with Gasteiger partial charge in [0.25, 0.3) is 0 Å². The van der Waals surface area contributed by atoms with Crippen LogP contribution in [-0.4, -0.2) is 7.11 Å². The van der Waals surface area contributed by atoms with Gasteiger partial charge in [-0.25, -0.2) is 0 Å². The Morgan fingerprint density at radius 1 is 1.47 bits per heavy atom. The van der Waals surface area contributed by atoms with Gasteiger partial charge in [-0.2, -0.15) is 18.4 Å². The summed E-state index contributed by atoms with van der Waals surface area (Å²) in [7, 11) is 1.26. The van der Waals surface area contributed by atoms with Gasteiger partial charge in [0.05, 0.1) is 25.2 Å². The summed E-state index contributed by atoms with van der Waals surface area (Å²) in [4.78, 5) is 0. The monoisotopic (exact) mass is 244 g/mol. The second kappa shape index (κ2) is 5.06. The summed E-state index contributed by atoms with van der Waals surface area (Å²) in [6.45, 7) is 0. The maximum atomic E-state index is 12.4. The number of nitriles is 1. The zero-order valence-electron chi connectivity index (χ0n) is 9.08. The molecule has 0 aromatic heterocycles. The molecule has 6 heteroatoms. The predicted molar refractivity (Wildman–Crippen MR) is 55.2 cm³/mol. The SMILES string of the molecule is COc1cc(C(F)(F)F)ccc1[C@@H](N)CC#N. The molecular weight excluding hydrogens is 233 g/mol. The van der Waals surface area contributed by atoms with Gasteiger partial charge in [0.15, 0.2) is 0 Å². The lowest BCUT2D eigenvalue weighted by atomic mass is 10.0. The molecule has 0 aliphatic carbocycles. The molecule has 1 aromatic rings. The first-order valence-electron chi connectivity index (χ1n) is 4.77. The van der Waals surface area contributed by atoms with Crippen molar-refractivity contribution < 1.29 is 17.9 Å². The van der Waals surface area contributed by atoms with E-state index in [0.29, 0.717) is 5.56 Å². The van der Waals surface area contributed by atoms with Crippen LogP contribution in [0.2, 0.25) is 0 Å². The average molecular weight is 244 g/mol. The van der Waals surface area contributed by atoms with E-state index in [1.807, 2.05) is 6.07 Å². The maximum Gasteiger partial charge on any atom is 0.416 e. The lowest BCUT2D eigenvalue weighted by Crippen LogP contribution is -2.12. The Morgan fingerprint density at radius 2 is 2.12 bits per heavy atom. The van der Waals surface area contributed by atoms with Crippen LogP contribution in [0.15, 0.2) is 18.2 Å². The number of nitrogens with two attached hydrogens (primary N) is 1. The number of hydrogen-bond acceptors (Lipinski definition) is 3. The summed E-state index contributed by atoms with van der Waals surface area (Å²) in [5.41, 5.74) is 5.24. The highest BCUT2D eigenvalue weighted by atomic mass is 19.4. The zero-order valence-corrected chi connectivity index (χ0v) is 9.08. The van der Waals surface area contributed by atoms with Gasteiger partial charge in [-0.1, -0.05) is 6.07 Å². The summed E-state index contributed by atoms with van der Waals surface area (Å²) in [5.74, 6) is 0.0441. The van der Waals surface area contributed by atoms with Crippen LogP contribution in [0.25, 0.3) is 0 Å². The number of benzene rings is 1. The molecule has 0 fully saturated rings. The van der Waals surface area contributed by atoms with Crippen molar-refractivity contribution in [2.45, 2.75) is 18.6 Å². The fourth-order valence-corrected chi connectivity index (χ4v) is 1.40. The predicted octanol–water partition coefficient (Wildman–Crippen LogP) is 2.63. The lowest BCUT2D eigenvalue weighted by Gasteiger charge is -2.15. The first-order valence-corrected chi connectivity index (χ1v) is 4.77. The normalized spacial score (nSPS) is 12.9. The number of methoxy groups -OCH3 is 1. The molecule has 0 unspecified atom stereocenters. The Labute approximate surface area is 96.6 Å². The van der Waals surface area contributed by atoms with Crippen LogP contribution in [0.5, 0.6) is 5.75 Å². The molecule has 0 aliphatic heterocycles. The summed E-state index contributed by atoms with van der Waals surface area (Å²) in [5, 5.41) is 8.49. The van der Waals surface area contributed by atoms with Crippen molar-refractivity contribution in [3.8, 4) is 11.8 Å². The molecule has 0 saturated carbocycles. The van der Waals surface area contributed by atoms with Gasteiger partial charge in [-0.05, 0) is 12.1 Å². The Morgan fingerprint density at radius 3 is 2.59 bits per heavy atom. The van der Waals surface area contributed by atoms with Gasteiger partial charge in [0, 0.05) is 11.6 Å². The number of halogens is 3. The lowest BCUT2D eigenvalue weighted by molar-refractivity contribution is -0.137. The van der Waals surface area contributed by atoms with Crippen molar-refractivity contribution in [1.29, 1.82) is 5.26 Å². The quantitative estimate of drug-likeness (QED) is 0.889. The van der Waals surface area contributed by atoms with Crippen LogP contribution < -0.4 is 10.5 Å². The summed E-state index contributed by atoms with van der Waals surface area (Å²) < 4.78 is 42.2. The third kappa shape index (κ3) is 3.11. The molecular formula is C11H11F3N2O. The van der Waals surface area contributed by atoms with Crippen molar-refractivity contribution in [2.75, 3.05) is 7.11 Å². The Bertz CT molecular complexity index is 437. The van der Waals surface area contributed by atoms with E-state index in [0.717, 1.165) is 12.1 Å². The van der Waals surface area contributed by atoms with Crippen LogP contribution in [0.3, 0.4) is 0 Å². The van der Waals surface area contributed by atoms with E-state index in [2.05, 4.69) is 0 Å². The molecule has 0 bridgehead atoms. The van der Waals surface area contributed by atoms with Gasteiger partial charge in [-0.3, -0.25) is 0 Å². The minimum absolute atomic E-state index is 0.0156. The second-order valence-corrected chi connectivity index (χ2v) is 3.42. The first kappa shape index (κ1) is 13.3. The Balaban J connectivity index is 3.15. The molecule has 2 N–H and O–H groups in total. The molecule has 0 amide bonds. The average Bonchev–Trinajstić information content (AvgIpc) is 2.27. The number of ether oxygens (including phenoxy) is 1. The molecule has 1 aromatic carbocycles. The van der Waals surface area contributed by atoms with E-state index in [4.69, 9.17) is 15.7 Å². The highest BCUT2D eigenvalue weighted by Gasteiger charge is 2.31. The molecule has 3 nitrogen and oxygen atoms in total. The molecule has 0 radical (unpaired) electrons. The highest BCUT2D eigenvalue weighted by Crippen LogP contribution is 2.34. The molecule has 92 valence electrons. The minimum atomic E-state index is -4.43. The van der Waals surface area contributed by atoms with E-state index < -0.39 is 17.8 Å². The minimum Gasteiger partial charge on any atom is -0.496 e. The van der Waals surface area contributed by atoms with Crippen LogP contribution >= 0.6 is 0 Å². The van der Waals surface area contributed by atoms with Crippen molar-refractivity contribution in [2.24, 2.45) is 5.73 Å². The van der Waals surface area contributed by atoms with Crippen LogP contribution in [0.4, 0.5) is 13.2 Å². The van der Waals surface area contributed by atoms with Crippen molar-refractivity contribution in [1.82, 2.24) is 0 Å². The van der Waals surface area contributed by atoms with Gasteiger partial charge >= 0.3 is 6.18 Å².